The second kappa shape index (κ2) is 3.77. The second-order valence-electron chi connectivity index (χ2n) is 3.14. The van der Waals surface area contributed by atoms with Crippen LogP contribution in [-0.2, 0) is 7.05 Å². The SMILES string of the molecule is Cn1ccc2cc(C#CCCl)ccc21. The Balaban J connectivity index is 2.52. The first-order chi connectivity index (χ1) is 6.81. The lowest BCUT2D eigenvalue weighted by Gasteiger charge is -1.95. The van der Waals surface area contributed by atoms with Gasteiger partial charge in [0, 0.05) is 29.7 Å². The van der Waals surface area contributed by atoms with Crippen LogP contribution >= 0.6 is 11.6 Å². The fourth-order valence-corrected chi connectivity index (χ4v) is 1.56. The molecule has 2 aromatic rings. The lowest BCUT2D eigenvalue weighted by molar-refractivity contribution is 0.969. The summed E-state index contributed by atoms with van der Waals surface area (Å²) in [5, 5.41) is 1.22. The van der Waals surface area contributed by atoms with E-state index in [-0.39, 0.29) is 0 Å². The van der Waals surface area contributed by atoms with Crippen molar-refractivity contribution in [2.75, 3.05) is 5.88 Å². The standard InChI is InChI=1S/C12H10ClN/c1-14-8-6-11-9-10(3-2-7-13)4-5-12(11)14/h4-6,8-9H,7H2,1H3. The van der Waals surface area contributed by atoms with Crippen LogP contribution in [0.1, 0.15) is 5.56 Å². The molecule has 0 saturated heterocycles. The zero-order valence-corrected chi connectivity index (χ0v) is 8.67. The van der Waals surface area contributed by atoms with Crippen LogP contribution in [0.4, 0.5) is 0 Å². The van der Waals surface area contributed by atoms with Gasteiger partial charge in [-0.25, -0.2) is 0 Å². The molecule has 1 nitrogen and oxygen atoms in total. The number of hydrogen-bond donors (Lipinski definition) is 0. The van der Waals surface area contributed by atoms with Gasteiger partial charge in [-0.15, -0.1) is 11.6 Å². The minimum Gasteiger partial charge on any atom is -0.351 e. The molecule has 2 heteroatoms. The first-order valence-corrected chi connectivity index (χ1v) is 4.94. The van der Waals surface area contributed by atoms with E-state index >= 15 is 0 Å². The summed E-state index contributed by atoms with van der Waals surface area (Å²) in [6.45, 7) is 0. The maximum Gasteiger partial charge on any atom is 0.0839 e. The molecule has 0 atom stereocenters. The van der Waals surface area contributed by atoms with Gasteiger partial charge in [-0.1, -0.05) is 11.8 Å². The van der Waals surface area contributed by atoms with Crippen LogP contribution < -0.4 is 0 Å². The molecule has 1 aromatic heterocycles. The van der Waals surface area contributed by atoms with Crippen LogP contribution in [0.3, 0.4) is 0 Å². The van der Waals surface area contributed by atoms with Gasteiger partial charge < -0.3 is 4.57 Å². The monoisotopic (exact) mass is 203 g/mol. The van der Waals surface area contributed by atoms with Crippen molar-refractivity contribution in [1.82, 2.24) is 4.57 Å². The Bertz CT molecular complexity index is 514. The highest BCUT2D eigenvalue weighted by atomic mass is 35.5. The fraction of sp³-hybridized carbons (Fsp3) is 0.167. The molecule has 0 bridgehead atoms. The highest BCUT2D eigenvalue weighted by Gasteiger charge is 1.97. The summed E-state index contributed by atoms with van der Waals surface area (Å²) in [5.74, 6) is 6.23. The summed E-state index contributed by atoms with van der Waals surface area (Å²) in [6, 6.07) is 8.26. The van der Waals surface area contributed by atoms with E-state index in [0.29, 0.717) is 5.88 Å². The third kappa shape index (κ3) is 1.62. The number of fused-ring (bicyclic) bond motifs is 1. The van der Waals surface area contributed by atoms with Crippen molar-refractivity contribution in [1.29, 1.82) is 0 Å². The minimum absolute atomic E-state index is 0.382. The normalized spacial score (nSPS) is 9.86. The van der Waals surface area contributed by atoms with E-state index in [2.05, 4.69) is 34.6 Å². The maximum absolute atomic E-state index is 5.50. The minimum atomic E-state index is 0.382. The molecule has 0 fully saturated rings. The summed E-state index contributed by atoms with van der Waals surface area (Å²) in [6.07, 6.45) is 2.05. The van der Waals surface area contributed by atoms with E-state index < -0.39 is 0 Å². The van der Waals surface area contributed by atoms with Crippen LogP contribution in [0, 0.1) is 11.8 Å². The molecule has 1 aromatic carbocycles. The van der Waals surface area contributed by atoms with E-state index in [0.717, 1.165) is 5.56 Å². The molecule has 0 N–H and O–H groups in total. The number of nitrogens with zero attached hydrogens (tertiary/aromatic N) is 1. The Hall–Kier alpha value is -1.39. The Labute approximate surface area is 88.3 Å². The van der Waals surface area contributed by atoms with Crippen molar-refractivity contribution < 1.29 is 0 Å². The number of aromatic nitrogens is 1. The second-order valence-corrected chi connectivity index (χ2v) is 3.40. The van der Waals surface area contributed by atoms with Gasteiger partial charge in [0.2, 0.25) is 0 Å². The van der Waals surface area contributed by atoms with Crippen molar-refractivity contribution in [3.05, 3.63) is 36.0 Å². The summed E-state index contributed by atoms with van der Waals surface area (Å²) in [7, 11) is 2.03. The van der Waals surface area contributed by atoms with E-state index in [1.54, 1.807) is 0 Å². The predicted octanol–water partition coefficient (Wildman–Crippen LogP) is 2.77. The topological polar surface area (TPSA) is 4.93 Å². The average molecular weight is 204 g/mol. The van der Waals surface area contributed by atoms with Gasteiger partial charge in [-0.2, -0.15) is 0 Å². The maximum atomic E-state index is 5.50. The van der Waals surface area contributed by atoms with E-state index in [1.807, 2.05) is 19.3 Å². The Morgan fingerprint density at radius 3 is 3.00 bits per heavy atom. The molecule has 0 aliphatic heterocycles. The zero-order valence-electron chi connectivity index (χ0n) is 7.92. The number of halogens is 1. The van der Waals surface area contributed by atoms with Gasteiger partial charge in [0.15, 0.2) is 0 Å². The van der Waals surface area contributed by atoms with Crippen molar-refractivity contribution in [3.63, 3.8) is 0 Å². The zero-order chi connectivity index (χ0) is 9.97. The van der Waals surface area contributed by atoms with Crippen molar-refractivity contribution in [3.8, 4) is 11.8 Å². The molecule has 0 amide bonds. The van der Waals surface area contributed by atoms with Crippen molar-refractivity contribution in [2.24, 2.45) is 7.05 Å². The number of rotatable bonds is 0. The highest BCUT2D eigenvalue weighted by molar-refractivity contribution is 6.19. The smallest absolute Gasteiger partial charge is 0.0839 e. The largest absolute Gasteiger partial charge is 0.351 e. The third-order valence-corrected chi connectivity index (χ3v) is 2.32. The first-order valence-electron chi connectivity index (χ1n) is 4.41. The van der Waals surface area contributed by atoms with E-state index in [4.69, 9.17) is 11.6 Å². The van der Waals surface area contributed by atoms with Crippen LogP contribution in [0.2, 0.25) is 0 Å². The van der Waals surface area contributed by atoms with Crippen LogP contribution in [0.5, 0.6) is 0 Å². The molecular formula is C12H10ClN. The molecule has 0 saturated carbocycles. The van der Waals surface area contributed by atoms with Crippen molar-refractivity contribution in [2.45, 2.75) is 0 Å². The van der Waals surface area contributed by atoms with E-state index in [9.17, 15) is 0 Å². The number of aryl methyl sites for hydroxylation is 1. The molecule has 0 aliphatic carbocycles. The summed E-state index contributed by atoms with van der Waals surface area (Å²) >= 11 is 5.50. The van der Waals surface area contributed by atoms with Crippen LogP contribution in [0.25, 0.3) is 10.9 Å². The lowest BCUT2D eigenvalue weighted by Crippen LogP contribution is -1.83. The quantitative estimate of drug-likeness (QED) is 0.459. The Kier molecular flexibility index (Phi) is 2.47. The molecule has 0 spiro atoms. The molecule has 0 aliphatic rings. The lowest BCUT2D eigenvalue weighted by atomic mass is 10.1. The Morgan fingerprint density at radius 1 is 1.36 bits per heavy atom. The highest BCUT2D eigenvalue weighted by Crippen LogP contribution is 2.15. The van der Waals surface area contributed by atoms with Gasteiger partial charge in [0.25, 0.3) is 0 Å². The average Bonchev–Trinajstić information content (AvgIpc) is 2.57. The predicted molar refractivity (Wildman–Crippen MR) is 60.5 cm³/mol. The molecule has 2 rings (SSSR count). The van der Waals surface area contributed by atoms with Gasteiger partial charge in [0.1, 0.15) is 0 Å². The molecule has 0 unspecified atom stereocenters. The molecule has 70 valence electrons. The Morgan fingerprint density at radius 2 is 2.21 bits per heavy atom. The molecular weight excluding hydrogens is 194 g/mol. The number of alkyl halides is 1. The van der Waals surface area contributed by atoms with Gasteiger partial charge >= 0.3 is 0 Å². The fourth-order valence-electron chi connectivity index (χ4n) is 1.49. The molecule has 14 heavy (non-hydrogen) atoms. The van der Waals surface area contributed by atoms with Gasteiger partial charge in [-0.3, -0.25) is 0 Å². The molecule has 1 heterocycles. The van der Waals surface area contributed by atoms with Crippen LogP contribution in [-0.4, -0.2) is 10.4 Å². The van der Waals surface area contributed by atoms with Gasteiger partial charge in [-0.05, 0) is 24.3 Å². The first kappa shape index (κ1) is 9.18. The summed E-state index contributed by atoms with van der Waals surface area (Å²) in [4.78, 5) is 0. The van der Waals surface area contributed by atoms with Gasteiger partial charge in [0.05, 0.1) is 5.88 Å². The molecule has 0 radical (unpaired) electrons. The van der Waals surface area contributed by atoms with Crippen molar-refractivity contribution >= 4 is 22.5 Å². The summed E-state index contributed by atoms with van der Waals surface area (Å²) in [5.41, 5.74) is 2.24. The number of hydrogen-bond acceptors (Lipinski definition) is 0. The summed E-state index contributed by atoms with van der Waals surface area (Å²) < 4.78 is 2.09. The van der Waals surface area contributed by atoms with Crippen LogP contribution in [0.15, 0.2) is 30.5 Å². The number of benzene rings is 1. The van der Waals surface area contributed by atoms with E-state index in [1.165, 1.54) is 10.9 Å². The third-order valence-electron chi connectivity index (χ3n) is 2.18.